The average Bonchev–Trinajstić information content (AvgIpc) is 2.83. The fraction of sp³-hybridized carbons (Fsp3) is 0.100. The maximum atomic E-state index is 8.53. The number of furan rings is 1. The number of oxime groups is 1. The Hall–Kier alpha value is -2.08. The first kappa shape index (κ1) is 11.4. The summed E-state index contributed by atoms with van der Waals surface area (Å²) in [5.41, 5.74) is 0.420. The highest BCUT2D eigenvalue weighted by atomic mass is 35.5. The lowest BCUT2D eigenvalue weighted by atomic mass is 10.3. The van der Waals surface area contributed by atoms with E-state index in [0.29, 0.717) is 17.9 Å². The summed E-state index contributed by atoms with van der Waals surface area (Å²) in [6, 6.07) is 3.62. The van der Waals surface area contributed by atoms with Gasteiger partial charge >= 0.3 is 0 Å². The molecule has 0 saturated heterocycles. The predicted molar refractivity (Wildman–Crippen MR) is 62.5 cm³/mol. The van der Waals surface area contributed by atoms with Crippen LogP contribution in [0.4, 0.5) is 5.82 Å². The van der Waals surface area contributed by atoms with Gasteiger partial charge in [-0.25, -0.2) is 9.97 Å². The molecule has 88 valence electrons. The van der Waals surface area contributed by atoms with Gasteiger partial charge in [-0.05, 0) is 12.1 Å². The van der Waals surface area contributed by atoms with Crippen LogP contribution in [0.2, 0.25) is 5.15 Å². The molecule has 0 bridgehead atoms. The minimum atomic E-state index is 0.208. The van der Waals surface area contributed by atoms with Crippen LogP contribution in [0.15, 0.2) is 34.3 Å². The minimum Gasteiger partial charge on any atom is -0.467 e. The third-order valence-electron chi connectivity index (χ3n) is 2.03. The van der Waals surface area contributed by atoms with Gasteiger partial charge in [0.1, 0.15) is 23.1 Å². The van der Waals surface area contributed by atoms with Crippen molar-refractivity contribution in [1.29, 1.82) is 0 Å². The highest BCUT2D eigenvalue weighted by molar-refractivity contribution is 6.32. The van der Waals surface area contributed by atoms with Crippen LogP contribution in [0.5, 0.6) is 0 Å². The van der Waals surface area contributed by atoms with E-state index in [0.717, 1.165) is 5.76 Å². The third-order valence-corrected chi connectivity index (χ3v) is 2.33. The second kappa shape index (κ2) is 5.31. The minimum absolute atomic E-state index is 0.208. The van der Waals surface area contributed by atoms with Crippen molar-refractivity contribution in [1.82, 2.24) is 9.97 Å². The van der Waals surface area contributed by atoms with Gasteiger partial charge < -0.3 is 14.9 Å². The van der Waals surface area contributed by atoms with Gasteiger partial charge in [-0.1, -0.05) is 16.8 Å². The van der Waals surface area contributed by atoms with Gasteiger partial charge in [-0.2, -0.15) is 0 Å². The number of halogens is 1. The Bertz CT molecular complexity index is 513. The second-order valence-corrected chi connectivity index (χ2v) is 3.46. The molecule has 0 aliphatic carbocycles. The molecule has 0 saturated carbocycles. The van der Waals surface area contributed by atoms with Crippen LogP contribution in [0.3, 0.4) is 0 Å². The molecule has 2 heterocycles. The molecule has 0 atom stereocenters. The lowest BCUT2D eigenvalue weighted by Gasteiger charge is -2.06. The Kier molecular flexibility index (Phi) is 3.56. The van der Waals surface area contributed by atoms with Crippen molar-refractivity contribution >= 4 is 23.6 Å². The molecule has 6 nitrogen and oxygen atoms in total. The van der Waals surface area contributed by atoms with Crippen molar-refractivity contribution in [3.63, 3.8) is 0 Å². The van der Waals surface area contributed by atoms with Crippen molar-refractivity contribution in [3.05, 3.63) is 41.2 Å². The zero-order valence-corrected chi connectivity index (χ0v) is 9.42. The van der Waals surface area contributed by atoms with E-state index in [9.17, 15) is 0 Å². The number of nitrogens with one attached hydrogen (secondary N) is 1. The molecule has 0 aliphatic heterocycles. The molecule has 0 spiro atoms. The quantitative estimate of drug-likeness (QED) is 0.377. The van der Waals surface area contributed by atoms with Crippen molar-refractivity contribution in [2.45, 2.75) is 6.54 Å². The van der Waals surface area contributed by atoms with Gasteiger partial charge in [-0.15, -0.1) is 0 Å². The van der Waals surface area contributed by atoms with Crippen LogP contribution in [0.25, 0.3) is 0 Å². The molecule has 2 aromatic heterocycles. The lowest BCUT2D eigenvalue weighted by Crippen LogP contribution is -2.05. The van der Waals surface area contributed by atoms with Crippen LogP contribution < -0.4 is 5.32 Å². The van der Waals surface area contributed by atoms with Crippen molar-refractivity contribution < 1.29 is 9.62 Å². The lowest BCUT2D eigenvalue weighted by molar-refractivity contribution is 0.322. The summed E-state index contributed by atoms with van der Waals surface area (Å²) in [6.07, 6.45) is 4.08. The average molecular weight is 253 g/mol. The number of rotatable bonds is 4. The van der Waals surface area contributed by atoms with Crippen LogP contribution in [0.1, 0.15) is 11.3 Å². The van der Waals surface area contributed by atoms with Gasteiger partial charge in [-0.3, -0.25) is 0 Å². The zero-order chi connectivity index (χ0) is 12.1. The Morgan fingerprint density at radius 1 is 1.53 bits per heavy atom. The van der Waals surface area contributed by atoms with Crippen molar-refractivity contribution in [2.24, 2.45) is 5.16 Å². The first-order chi connectivity index (χ1) is 8.31. The molecule has 2 aromatic rings. The van der Waals surface area contributed by atoms with Crippen LogP contribution >= 0.6 is 11.6 Å². The first-order valence-corrected chi connectivity index (χ1v) is 5.13. The summed E-state index contributed by atoms with van der Waals surface area (Å²) in [6.45, 7) is 0.451. The topological polar surface area (TPSA) is 83.5 Å². The Morgan fingerprint density at radius 3 is 3.12 bits per heavy atom. The Balaban J connectivity index is 2.17. The molecule has 17 heavy (non-hydrogen) atoms. The number of hydrogen-bond acceptors (Lipinski definition) is 6. The first-order valence-electron chi connectivity index (χ1n) is 4.75. The molecule has 0 fully saturated rings. The van der Waals surface area contributed by atoms with Crippen molar-refractivity contribution in [3.8, 4) is 0 Å². The molecule has 0 unspecified atom stereocenters. The largest absolute Gasteiger partial charge is 0.467 e. The summed E-state index contributed by atoms with van der Waals surface area (Å²) < 4.78 is 5.16. The van der Waals surface area contributed by atoms with E-state index in [1.807, 2.05) is 6.07 Å². The molecule has 0 aromatic carbocycles. The SMILES string of the molecule is O/N=C/c1c(Cl)ncnc1NCc1ccco1. The van der Waals surface area contributed by atoms with Crippen LogP contribution in [-0.4, -0.2) is 21.4 Å². The predicted octanol–water partition coefficient (Wildman–Crippen LogP) is 2.14. The standard InChI is InChI=1S/C10H9ClN4O2/c11-9-8(5-15-16)10(14-6-13-9)12-4-7-2-1-3-17-7/h1-3,5-6,16H,4H2,(H,12,13,14)/b15-5+. The highest BCUT2D eigenvalue weighted by Crippen LogP contribution is 2.18. The molecule has 0 aliphatic rings. The highest BCUT2D eigenvalue weighted by Gasteiger charge is 2.08. The number of hydrogen-bond donors (Lipinski definition) is 2. The van der Waals surface area contributed by atoms with Gasteiger partial charge in [0.15, 0.2) is 0 Å². The number of anilines is 1. The molecular formula is C10H9ClN4O2. The molecule has 2 rings (SSSR count). The summed E-state index contributed by atoms with van der Waals surface area (Å²) in [7, 11) is 0. The van der Waals surface area contributed by atoms with E-state index in [4.69, 9.17) is 21.2 Å². The smallest absolute Gasteiger partial charge is 0.143 e. The van der Waals surface area contributed by atoms with Gasteiger partial charge in [0.2, 0.25) is 0 Å². The maximum absolute atomic E-state index is 8.53. The molecule has 7 heteroatoms. The fourth-order valence-corrected chi connectivity index (χ4v) is 1.45. The maximum Gasteiger partial charge on any atom is 0.143 e. The van der Waals surface area contributed by atoms with E-state index in [1.165, 1.54) is 12.5 Å². The summed E-state index contributed by atoms with van der Waals surface area (Å²) in [4.78, 5) is 7.80. The number of aromatic nitrogens is 2. The molecule has 0 amide bonds. The fourth-order valence-electron chi connectivity index (χ4n) is 1.27. The van der Waals surface area contributed by atoms with Crippen LogP contribution in [0, 0.1) is 0 Å². The Labute approximate surface area is 102 Å². The normalized spacial score (nSPS) is 10.9. The van der Waals surface area contributed by atoms with Gasteiger partial charge in [0.05, 0.1) is 24.6 Å². The molecule has 2 N–H and O–H groups in total. The third kappa shape index (κ3) is 2.73. The van der Waals surface area contributed by atoms with Gasteiger partial charge in [0, 0.05) is 0 Å². The van der Waals surface area contributed by atoms with Crippen molar-refractivity contribution in [2.75, 3.05) is 5.32 Å². The number of nitrogens with zero attached hydrogens (tertiary/aromatic N) is 3. The summed E-state index contributed by atoms with van der Waals surface area (Å²) in [5, 5.41) is 14.7. The van der Waals surface area contributed by atoms with E-state index < -0.39 is 0 Å². The van der Waals surface area contributed by atoms with Gasteiger partial charge in [0.25, 0.3) is 0 Å². The summed E-state index contributed by atoms with van der Waals surface area (Å²) in [5.74, 6) is 1.23. The second-order valence-electron chi connectivity index (χ2n) is 3.10. The Morgan fingerprint density at radius 2 is 2.41 bits per heavy atom. The summed E-state index contributed by atoms with van der Waals surface area (Å²) >= 11 is 5.85. The van der Waals surface area contributed by atoms with E-state index in [-0.39, 0.29) is 5.15 Å². The molecule has 0 radical (unpaired) electrons. The van der Waals surface area contributed by atoms with E-state index in [2.05, 4.69) is 20.4 Å². The zero-order valence-electron chi connectivity index (χ0n) is 8.67. The molecular weight excluding hydrogens is 244 g/mol. The monoisotopic (exact) mass is 252 g/mol. The van der Waals surface area contributed by atoms with E-state index in [1.54, 1.807) is 12.3 Å². The van der Waals surface area contributed by atoms with E-state index >= 15 is 0 Å². The van der Waals surface area contributed by atoms with Crippen LogP contribution in [-0.2, 0) is 6.54 Å².